The van der Waals surface area contributed by atoms with Crippen LogP contribution in [0.3, 0.4) is 0 Å². The van der Waals surface area contributed by atoms with E-state index in [-0.39, 0.29) is 0 Å². The second-order valence-corrected chi connectivity index (χ2v) is 2.38. The molecule has 0 aromatic rings. The smallest absolute Gasteiger partial charge is 0.315 e. The number of nitrogens with two attached hydrogens (primary N) is 2. The summed E-state index contributed by atoms with van der Waals surface area (Å²) in [5, 5.41) is 0.403. The maximum atomic E-state index is 8.46. The van der Waals surface area contributed by atoms with Crippen LogP contribution in [0, 0.1) is 0 Å². The van der Waals surface area contributed by atoms with Gasteiger partial charge in [0.1, 0.15) is 0 Å². The lowest BCUT2D eigenvalue weighted by Gasteiger charge is -1.65. The molecule has 0 rings (SSSR count). The van der Waals surface area contributed by atoms with Gasteiger partial charge in [0.2, 0.25) is 11.4 Å². The lowest BCUT2D eigenvalue weighted by molar-refractivity contribution is -0.154. The molecule has 0 aromatic carbocycles. The van der Waals surface area contributed by atoms with Gasteiger partial charge in [0.25, 0.3) is 0 Å². The maximum absolute atomic E-state index is 8.46. The summed E-state index contributed by atoms with van der Waals surface area (Å²) < 4.78 is 8.46. The Hall–Kier alpha value is -0.0600. The van der Waals surface area contributed by atoms with Crippen molar-refractivity contribution in [2.24, 2.45) is 11.5 Å². The molecule has 0 saturated carbocycles. The fourth-order valence-corrected chi connectivity index (χ4v) is 0.465. The van der Waals surface area contributed by atoms with Crippen LogP contribution in [0.25, 0.3) is 0 Å². The summed E-state index contributed by atoms with van der Waals surface area (Å²) in [6.45, 7) is 3.49. The van der Waals surface area contributed by atoms with E-state index >= 15 is 0 Å². The van der Waals surface area contributed by atoms with Crippen molar-refractivity contribution in [3.05, 3.63) is 12.7 Å². The first-order chi connectivity index (χ1) is 4.68. The predicted octanol–water partition coefficient (Wildman–Crippen LogP) is -1.72. The van der Waals surface area contributed by atoms with Gasteiger partial charge in [-0.25, -0.2) is 11.5 Å². The standard InChI is InChI=1S/C4H9N2S.H3O2P/c1-2-3-7-4(5)6;1-3-2/h2H,1,3,5-6H2;3H2,(H,1,2)/q+1;/p-1. The summed E-state index contributed by atoms with van der Waals surface area (Å²) in [6.07, 6.45) is 1.75. The minimum Gasteiger partial charge on any atom is -0.804 e. The van der Waals surface area contributed by atoms with E-state index in [4.69, 9.17) is 20.9 Å². The van der Waals surface area contributed by atoms with Crippen molar-refractivity contribution in [1.29, 1.82) is 0 Å². The number of hydrogen-bond acceptors (Lipinski definition) is 2. The molecule has 4 N–H and O–H groups in total. The SMILES string of the molecule is C=CC[S+]=C(N)N.O=[PH2][O-]. The van der Waals surface area contributed by atoms with Gasteiger partial charge in [-0.3, -0.25) is 0 Å². The van der Waals surface area contributed by atoms with Crippen molar-refractivity contribution >= 4 is 25.2 Å². The molecule has 1 unspecified atom stereocenters. The zero-order valence-corrected chi connectivity index (χ0v) is 7.42. The Morgan fingerprint density at radius 2 is 2.20 bits per heavy atom. The minimum atomic E-state index is -1.75. The summed E-state index contributed by atoms with van der Waals surface area (Å²) in [5.74, 6) is 0.794. The molecule has 0 heterocycles. The van der Waals surface area contributed by atoms with Crippen molar-refractivity contribution in [3.63, 3.8) is 0 Å². The second kappa shape index (κ2) is 11.7. The normalized spacial score (nSPS) is 8.30. The van der Waals surface area contributed by atoms with Crippen LogP contribution in [0.5, 0.6) is 0 Å². The summed E-state index contributed by atoms with van der Waals surface area (Å²) in [5.41, 5.74) is 10.2. The first kappa shape index (κ1) is 12.6. The van der Waals surface area contributed by atoms with E-state index in [1.54, 1.807) is 6.08 Å². The van der Waals surface area contributed by atoms with Crippen LogP contribution < -0.4 is 16.4 Å². The highest BCUT2D eigenvalue weighted by atomic mass is 32.1. The van der Waals surface area contributed by atoms with E-state index in [1.165, 1.54) is 11.4 Å². The molecular formula is C4H11N2O2PS. The molecule has 0 amide bonds. The van der Waals surface area contributed by atoms with Crippen LogP contribution in [-0.2, 0) is 15.9 Å². The largest absolute Gasteiger partial charge is 0.804 e. The molecule has 0 aliphatic heterocycles. The van der Waals surface area contributed by atoms with Crippen LogP contribution in [0.1, 0.15) is 0 Å². The van der Waals surface area contributed by atoms with Crippen LogP contribution in [0.2, 0.25) is 0 Å². The third-order valence-electron chi connectivity index (χ3n) is 0.368. The average molecular weight is 182 g/mol. The average Bonchev–Trinajstić information content (AvgIpc) is 1.85. The van der Waals surface area contributed by atoms with Gasteiger partial charge < -0.3 is 9.46 Å². The van der Waals surface area contributed by atoms with Crippen molar-refractivity contribution < 1.29 is 9.46 Å². The van der Waals surface area contributed by atoms with Gasteiger partial charge in [-0.1, -0.05) is 6.58 Å². The van der Waals surface area contributed by atoms with Crippen LogP contribution in [0.4, 0.5) is 0 Å². The van der Waals surface area contributed by atoms with Crippen molar-refractivity contribution in [2.45, 2.75) is 0 Å². The molecule has 0 bridgehead atoms. The number of rotatable bonds is 2. The lowest BCUT2D eigenvalue weighted by Crippen LogP contribution is -2.23. The Morgan fingerprint density at radius 3 is 2.30 bits per heavy atom. The molecule has 0 aromatic heterocycles. The molecule has 0 aliphatic carbocycles. The Kier molecular flexibility index (Phi) is 14.7. The lowest BCUT2D eigenvalue weighted by atomic mass is 10.8. The van der Waals surface area contributed by atoms with Gasteiger partial charge in [-0.05, 0) is 14.8 Å². The molecule has 0 fully saturated rings. The number of hydrogen-bond donors (Lipinski definition) is 2. The zero-order chi connectivity index (χ0) is 8.41. The molecule has 0 radical (unpaired) electrons. The van der Waals surface area contributed by atoms with Gasteiger partial charge in [-0.2, -0.15) is 0 Å². The Morgan fingerprint density at radius 1 is 1.80 bits per heavy atom. The Balaban J connectivity index is 0. The summed E-state index contributed by atoms with van der Waals surface area (Å²) >= 11 is 1.39. The van der Waals surface area contributed by atoms with E-state index < -0.39 is 8.69 Å². The van der Waals surface area contributed by atoms with Crippen molar-refractivity contribution in [3.8, 4) is 0 Å². The van der Waals surface area contributed by atoms with Gasteiger partial charge >= 0.3 is 5.11 Å². The van der Waals surface area contributed by atoms with E-state index in [2.05, 4.69) is 6.58 Å². The van der Waals surface area contributed by atoms with E-state index in [1.807, 2.05) is 0 Å². The van der Waals surface area contributed by atoms with Gasteiger partial charge in [0, 0.05) is 0 Å². The van der Waals surface area contributed by atoms with Crippen LogP contribution >= 0.6 is 8.69 Å². The molecular weight excluding hydrogens is 171 g/mol. The first-order valence-corrected chi connectivity index (χ1v) is 4.29. The zero-order valence-electron chi connectivity index (χ0n) is 5.45. The van der Waals surface area contributed by atoms with Crippen molar-refractivity contribution in [2.75, 3.05) is 5.75 Å². The van der Waals surface area contributed by atoms with Gasteiger partial charge in [-0.15, -0.1) is 0 Å². The summed E-state index contributed by atoms with van der Waals surface area (Å²) in [7, 11) is -1.75. The fraction of sp³-hybridized carbons (Fsp3) is 0.250. The molecule has 0 spiro atoms. The summed E-state index contributed by atoms with van der Waals surface area (Å²) in [4.78, 5) is 8.46. The van der Waals surface area contributed by atoms with Crippen LogP contribution in [0.15, 0.2) is 12.7 Å². The monoisotopic (exact) mass is 182 g/mol. The first-order valence-electron chi connectivity index (χ1n) is 2.36. The molecule has 0 saturated heterocycles. The molecule has 1 atom stereocenters. The minimum absolute atomic E-state index is 0.403. The predicted molar refractivity (Wildman–Crippen MR) is 46.2 cm³/mol. The third-order valence-corrected chi connectivity index (χ3v) is 1.10. The molecule has 4 nitrogen and oxygen atoms in total. The fourth-order valence-electron chi connectivity index (χ4n) is 0.155. The summed E-state index contributed by atoms with van der Waals surface area (Å²) in [6, 6.07) is 0. The van der Waals surface area contributed by atoms with Crippen LogP contribution in [-0.4, -0.2) is 10.9 Å². The molecule has 10 heavy (non-hydrogen) atoms. The van der Waals surface area contributed by atoms with Crippen molar-refractivity contribution in [1.82, 2.24) is 0 Å². The Bertz CT molecular complexity index is 124. The van der Waals surface area contributed by atoms with E-state index in [0.717, 1.165) is 5.75 Å². The second-order valence-electron chi connectivity index (χ2n) is 1.10. The highest BCUT2D eigenvalue weighted by Crippen LogP contribution is 1.59. The molecule has 60 valence electrons. The molecule has 0 aliphatic rings. The quantitative estimate of drug-likeness (QED) is 0.230. The van der Waals surface area contributed by atoms with E-state index in [0.29, 0.717) is 5.11 Å². The van der Waals surface area contributed by atoms with Gasteiger partial charge in [0.15, 0.2) is 5.75 Å². The third kappa shape index (κ3) is 24.6. The molecule has 6 heteroatoms. The maximum Gasteiger partial charge on any atom is 0.315 e. The Labute approximate surface area is 65.2 Å². The van der Waals surface area contributed by atoms with Gasteiger partial charge in [0.05, 0.1) is 0 Å². The highest BCUT2D eigenvalue weighted by molar-refractivity contribution is 7.78. The highest BCUT2D eigenvalue weighted by Gasteiger charge is 1.90. The topological polar surface area (TPSA) is 92.2 Å². The van der Waals surface area contributed by atoms with E-state index in [9.17, 15) is 0 Å².